The van der Waals surface area contributed by atoms with Crippen LogP contribution in [0.15, 0.2) is 0 Å². The van der Waals surface area contributed by atoms with Crippen LogP contribution in [0, 0.1) is 11.8 Å². The molecule has 16 nitrogen and oxygen atoms in total. The van der Waals surface area contributed by atoms with E-state index >= 15 is 0 Å². The number of nitrogens with zero attached hydrogens (tertiary/aromatic N) is 1. The van der Waals surface area contributed by atoms with Crippen LogP contribution in [-0.2, 0) is 43.0 Å². The summed E-state index contributed by atoms with van der Waals surface area (Å²) < 4.78 is 10.7. The summed E-state index contributed by atoms with van der Waals surface area (Å²) in [6.07, 6.45) is 4.35. The molecule has 284 valence electrons. The number of hydrogen-bond donors (Lipinski definition) is 6. The Morgan fingerprint density at radius 3 is 2.20 bits per heavy atom. The summed E-state index contributed by atoms with van der Waals surface area (Å²) in [5, 5.41) is 10.4. The van der Waals surface area contributed by atoms with E-state index in [1.54, 1.807) is 6.92 Å². The van der Waals surface area contributed by atoms with Gasteiger partial charge in [-0.05, 0) is 64.8 Å². The second-order valence-electron chi connectivity index (χ2n) is 12.8. The van der Waals surface area contributed by atoms with Gasteiger partial charge in [0.1, 0.15) is 11.8 Å². The largest absolute Gasteiger partial charge is 0.378 e. The third-order valence-corrected chi connectivity index (χ3v) is 10.1. The molecule has 1 saturated carbocycles. The summed E-state index contributed by atoms with van der Waals surface area (Å²) in [6.45, 7) is 5.09. The van der Waals surface area contributed by atoms with Gasteiger partial charge in [0.15, 0.2) is 0 Å². The van der Waals surface area contributed by atoms with Crippen LogP contribution in [0.2, 0.25) is 0 Å². The zero-order valence-corrected chi connectivity index (χ0v) is 30.3. The Bertz CT molecular complexity index is 1140. The summed E-state index contributed by atoms with van der Waals surface area (Å²) in [5.74, 6) is -1.72. The average molecular weight is 728 g/mol. The number of carbonyl (C=O) groups excluding carboxylic acids is 7. The monoisotopic (exact) mass is 727 g/mol. The minimum atomic E-state index is -0.912. The van der Waals surface area contributed by atoms with Gasteiger partial charge in [0.25, 0.3) is 0 Å². The number of carbonyl (C=O) groups is 7. The molecule has 1 aliphatic heterocycles. The molecule has 2 rings (SSSR count). The summed E-state index contributed by atoms with van der Waals surface area (Å²) in [5.41, 5.74) is 11.5. The standard InChI is InChI=1S/C33H57N7O9S/c1-22(41)24-8-6-23(7-9-24)20-40-30(44)19-27(33(40)47)50-21-25(34)32(46)38-12-4-3-5-26(31(35)45)39-29(43)11-10-28(42)37-14-16-49-18-17-48-15-13-36-2/h23-27,36H,3-21,34H2,1-2H3,(H2,35,45)(H,37,42)(H,38,46)(H,39,43)/t23?,24?,25-,26+,27?/m1/s1. The lowest BCUT2D eigenvalue weighted by molar-refractivity contribution is -0.139. The number of ketones is 1. The van der Waals surface area contributed by atoms with Crippen molar-refractivity contribution in [3.05, 3.63) is 0 Å². The fraction of sp³-hybridized carbons (Fsp3) is 0.788. The number of amides is 6. The van der Waals surface area contributed by atoms with Gasteiger partial charge in [-0.25, -0.2) is 0 Å². The van der Waals surface area contributed by atoms with Gasteiger partial charge in [-0.1, -0.05) is 0 Å². The second-order valence-corrected chi connectivity index (χ2v) is 14.0. The molecular formula is C33H57N7O9S. The van der Waals surface area contributed by atoms with Crippen molar-refractivity contribution in [3.63, 3.8) is 0 Å². The van der Waals surface area contributed by atoms with E-state index in [2.05, 4.69) is 21.3 Å². The lowest BCUT2D eigenvalue weighted by Crippen LogP contribution is -2.45. The van der Waals surface area contributed by atoms with E-state index in [4.69, 9.17) is 20.9 Å². The number of primary amides is 1. The van der Waals surface area contributed by atoms with Gasteiger partial charge in [-0.3, -0.25) is 38.5 Å². The van der Waals surface area contributed by atoms with Gasteiger partial charge in [-0.2, -0.15) is 0 Å². The van der Waals surface area contributed by atoms with Crippen LogP contribution in [0.3, 0.4) is 0 Å². The first-order chi connectivity index (χ1) is 23.9. The van der Waals surface area contributed by atoms with E-state index in [-0.39, 0.29) is 73.3 Å². The molecule has 0 aromatic carbocycles. The van der Waals surface area contributed by atoms with Crippen molar-refractivity contribution < 1.29 is 43.0 Å². The molecule has 8 N–H and O–H groups in total. The Morgan fingerprint density at radius 2 is 1.56 bits per heavy atom. The van der Waals surface area contributed by atoms with Crippen molar-refractivity contribution in [2.45, 2.75) is 88.5 Å². The van der Waals surface area contributed by atoms with Crippen molar-refractivity contribution in [2.24, 2.45) is 23.3 Å². The van der Waals surface area contributed by atoms with Gasteiger partial charge in [0.2, 0.25) is 35.4 Å². The third kappa shape index (κ3) is 16.7. The zero-order chi connectivity index (χ0) is 36.9. The number of imide groups is 1. The Hall–Kier alpha value is -3.12. The number of nitrogens with two attached hydrogens (primary N) is 2. The number of hydrogen-bond acceptors (Lipinski definition) is 12. The lowest BCUT2D eigenvalue weighted by Gasteiger charge is -2.29. The number of thioether (sulfide) groups is 1. The van der Waals surface area contributed by atoms with Crippen LogP contribution in [0.4, 0.5) is 0 Å². The van der Waals surface area contributed by atoms with Gasteiger partial charge >= 0.3 is 0 Å². The smallest absolute Gasteiger partial charge is 0.242 e. The van der Waals surface area contributed by atoms with Crippen LogP contribution in [-0.4, -0.2) is 129 Å². The first kappa shape index (κ1) is 43.0. The molecule has 0 radical (unpaired) electrons. The van der Waals surface area contributed by atoms with Crippen LogP contribution < -0.4 is 32.7 Å². The number of unbranched alkanes of at least 4 members (excludes halogenated alkanes) is 1. The fourth-order valence-corrected chi connectivity index (χ4v) is 6.84. The van der Waals surface area contributed by atoms with Crippen LogP contribution in [0.5, 0.6) is 0 Å². The van der Waals surface area contributed by atoms with Gasteiger partial charge < -0.3 is 42.2 Å². The maximum Gasteiger partial charge on any atom is 0.242 e. The number of Topliss-reactive ketones (excluding diaryl/α,β-unsaturated/α-hetero) is 1. The maximum absolute atomic E-state index is 12.9. The molecule has 17 heteroatoms. The minimum absolute atomic E-state index is 0.0531. The van der Waals surface area contributed by atoms with Crippen molar-refractivity contribution in [2.75, 3.05) is 65.4 Å². The maximum atomic E-state index is 12.9. The molecule has 50 heavy (non-hydrogen) atoms. The predicted octanol–water partition coefficient (Wildman–Crippen LogP) is -1.02. The third-order valence-electron chi connectivity index (χ3n) is 8.79. The van der Waals surface area contributed by atoms with E-state index in [1.165, 1.54) is 16.7 Å². The number of nitrogens with one attached hydrogen (secondary N) is 4. The second kappa shape index (κ2) is 24.1. The van der Waals surface area contributed by atoms with Crippen molar-refractivity contribution in [1.82, 2.24) is 26.2 Å². The molecular weight excluding hydrogens is 670 g/mol. The summed E-state index contributed by atoms with van der Waals surface area (Å²) in [4.78, 5) is 87.1. The quantitative estimate of drug-likeness (QED) is 0.0463. The van der Waals surface area contributed by atoms with Crippen molar-refractivity contribution in [1.29, 1.82) is 0 Å². The zero-order valence-electron chi connectivity index (χ0n) is 29.5. The highest BCUT2D eigenvalue weighted by molar-refractivity contribution is 8.00. The Kier molecular flexibility index (Phi) is 20.8. The number of likely N-dealkylation sites (N-methyl/N-ethyl adjacent to an activating group) is 1. The van der Waals surface area contributed by atoms with Crippen LogP contribution in [0.25, 0.3) is 0 Å². The van der Waals surface area contributed by atoms with Crippen molar-refractivity contribution >= 4 is 53.0 Å². The molecule has 6 amide bonds. The molecule has 2 aliphatic rings. The Morgan fingerprint density at radius 1 is 0.900 bits per heavy atom. The molecule has 3 atom stereocenters. The van der Waals surface area contributed by atoms with E-state index in [0.717, 1.165) is 32.2 Å². The first-order valence-electron chi connectivity index (χ1n) is 17.6. The molecule has 0 spiro atoms. The van der Waals surface area contributed by atoms with Crippen molar-refractivity contribution in [3.8, 4) is 0 Å². The lowest BCUT2D eigenvalue weighted by atomic mass is 9.80. The van der Waals surface area contributed by atoms with E-state index in [1.807, 2.05) is 7.05 Å². The normalized spacial score (nSPS) is 20.3. The number of likely N-dealkylation sites (tertiary alicyclic amines) is 1. The highest BCUT2D eigenvalue weighted by atomic mass is 32.2. The minimum Gasteiger partial charge on any atom is -0.378 e. The molecule has 1 unspecified atom stereocenters. The van der Waals surface area contributed by atoms with Gasteiger partial charge in [0.05, 0.1) is 37.7 Å². The first-order valence-corrected chi connectivity index (χ1v) is 18.6. The molecule has 1 aliphatic carbocycles. The van der Waals surface area contributed by atoms with Gasteiger partial charge in [0, 0.05) is 57.1 Å². The predicted molar refractivity (Wildman–Crippen MR) is 187 cm³/mol. The van der Waals surface area contributed by atoms with E-state index in [0.29, 0.717) is 52.4 Å². The summed E-state index contributed by atoms with van der Waals surface area (Å²) in [7, 11) is 1.84. The number of ether oxygens (including phenoxy) is 2. The topological polar surface area (TPSA) is 241 Å². The molecule has 0 aromatic heterocycles. The van der Waals surface area contributed by atoms with Crippen LogP contribution >= 0.6 is 11.8 Å². The van der Waals surface area contributed by atoms with Crippen LogP contribution in [0.1, 0.15) is 71.1 Å². The van der Waals surface area contributed by atoms with Gasteiger partial charge in [-0.15, -0.1) is 11.8 Å². The SMILES string of the molecule is CNCCOCCOCCNC(=O)CCC(=O)N[C@@H](CCCCNC(=O)[C@H](N)CSC1CC(=O)N(CC2CCC(C(C)=O)CC2)C1=O)C(N)=O. The Labute approximate surface area is 299 Å². The molecule has 1 heterocycles. The average Bonchev–Trinajstić information content (AvgIpc) is 3.35. The highest BCUT2D eigenvalue weighted by Crippen LogP contribution is 2.32. The fourth-order valence-electron chi connectivity index (χ4n) is 5.72. The molecule has 1 saturated heterocycles. The highest BCUT2D eigenvalue weighted by Gasteiger charge is 2.40. The molecule has 0 aromatic rings. The van der Waals surface area contributed by atoms with E-state index in [9.17, 15) is 33.6 Å². The summed E-state index contributed by atoms with van der Waals surface area (Å²) >= 11 is 1.20. The summed E-state index contributed by atoms with van der Waals surface area (Å²) in [6, 6.07) is -1.79. The Balaban J connectivity index is 1.56. The molecule has 0 bridgehead atoms. The van der Waals surface area contributed by atoms with E-state index < -0.39 is 35.1 Å². The molecule has 2 fully saturated rings. The number of rotatable bonds is 26.